The molecule has 3 atom stereocenters. The summed E-state index contributed by atoms with van der Waals surface area (Å²) in [6.07, 6.45) is 11.4. The molecule has 2 nitrogen and oxygen atoms in total. The highest BCUT2D eigenvalue weighted by atomic mass is 16.5. The Morgan fingerprint density at radius 1 is 1.10 bits per heavy atom. The SMILES string of the molecule is CCNC(CCCOC)C12CC3CC(C)(CC(C)(C3)C1)C2. The predicted octanol–water partition coefficient (Wildman–Crippen LogP) is 4.39. The van der Waals surface area contributed by atoms with E-state index in [1.54, 1.807) is 0 Å². The van der Waals surface area contributed by atoms with Crippen molar-refractivity contribution in [2.45, 2.75) is 78.2 Å². The van der Waals surface area contributed by atoms with E-state index >= 15 is 0 Å². The third-order valence-electron chi connectivity index (χ3n) is 6.70. The Bertz CT molecular complexity index is 362. The predicted molar refractivity (Wildman–Crippen MR) is 88.4 cm³/mol. The van der Waals surface area contributed by atoms with Crippen molar-refractivity contribution in [3.05, 3.63) is 0 Å². The molecular weight excluding hydrogens is 258 g/mol. The van der Waals surface area contributed by atoms with Gasteiger partial charge in [-0.1, -0.05) is 20.8 Å². The van der Waals surface area contributed by atoms with Crippen molar-refractivity contribution in [2.24, 2.45) is 22.2 Å². The molecule has 0 aliphatic heterocycles. The first-order valence-corrected chi connectivity index (χ1v) is 9.15. The van der Waals surface area contributed by atoms with Crippen molar-refractivity contribution < 1.29 is 4.74 Å². The highest BCUT2D eigenvalue weighted by Crippen LogP contribution is 2.70. The molecule has 4 rings (SSSR count). The third-order valence-corrected chi connectivity index (χ3v) is 6.70. The van der Waals surface area contributed by atoms with Gasteiger partial charge in [0.25, 0.3) is 0 Å². The fourth-order valence-electron chi connectivity index (χ4n) is 7.23. The topological polar surface area (TPSA) is 21.3 Å². The second kappa shape index (κ2) is 5.53. The van der Waals surface area contributed by atoms with E-state index in [0.717, 1.165) is 19.1 Å². The number of rotatable bonds is 7. The molecule has 0 saturated heterocycles. The molecule has 0 aromatic rings. The summed E-state index contributed by atoms with van der Waals surface area (Å²) in [5.41, 5.74) is 1.83. The van der Waals surface area contributed by atoms with Crippen LogP contribution in [0.25, 0.3) is 0 Å². The van der Waals surface area contributed by atoms with E-state index in [1.807, 2.05) is 7.11 Å². The van der Waals surface area contributed by atoms with Crippen molar-refractivity contribution in [1.82, 2.24) is 5.32 Å². The zero-order valence-electron chi connectivity index (χ0n) is 14.6. The van der Waals surface area contributed by atoms with Gasteiger partial charge in [-0.25, -0.2) is 0 Å². The molecule has 1 N–H and O–H groups in total. The third kappa shape index (κ3) is 2.91. The van der Waals surface area contributed by atoms with E-state index in [4.69, 9.17) is 4.74 Å². The van der Waals surface area contributed by atoms with E-state index < -0.39 is 0 Å². The summed E-state index contributed by atoms with van der Waals surface area (Å²) in [7, 11) is 1.83. The number of nitrogens with one attached hydrogen (secondary N) is 1. The first-order valence-electron chi connectivity index (χ1n) is 9.15. The second-order valence-electron chi connectivity index (χ2n) is 9.24. The molecule has 4 aliphatic carbocycles. The Kier molecular flexibility index (Phi) is 4.16. The monoisotopic (exact) mass is 293 g/mol. The summed E-state index contributed by atoms with van der Waals surface area (Å²) in [5.74, 6) is 1.000. The summed E-state index contributed by atoms with van der Waals surface area (Å²) in [6, 6.07) is 0.708. The van der Waals surface area contributed by atoms with Crippen LogP contribution < -0.4 is 5.32 Å². The maximum atomic E-state index is 5.30. The maximum absolute atomic E-state index is 5.30. The minimum atomic E-state index is 0.576. The quantitative estimate of drug-likeness (QED) is 0.703. The fourth-order valence-corrected chi connectivity index (χ4v) is 7.23. The van der Waals surface area contributed by atoms with Crippen LogP contribution in [-0.2, 0) is 4.74 Å². The van der Waals surface area contributed by atoms with E-state index in [1.165, 1.54) is 51.4 Å². The van der Waals surface area contributed by atoms with Gasteiger partial charge < -0.3 is 10.1 Å². The van der Waals surface area contributed by atoms with Crippen LogP contribution in [0.1, 0.15) is 72.1 Å². The molecule has 3 unspecified atom stereocenters. The standard InChI is InChI=1S/C19H35NO/c1-5-20-16(7-6-8-21-4)19-11-15-9-17(2,13-19)12-18(3,10-15)14-19/h15-16,20H,5-14H2,1-4H3. The van der Waals surface area contributed by atoms with Gasteiger partial charge in [-0.2, -0.15) is 0 Å². The summed E-state index contributed by atoms with van der Waals surface area (Å²) in [6.45, 7) is 9.46. The van der Waals surface area contributed by atoms with E-state index in [9.17, 15) is 0 Å². The Morgan fingerprint density at radius 2 is 1.76 bits per heavy atom. The summed E-state index contributed by atoms with van der Waals surface area (Å²) >= 11 is 0. The summed E-state index contributed by atoms with van der Waals surface area (Å²) < 4.78 is 5.30. The lowest BCUT2D eigenvalue weighted by molar-refractivity contribution is -0.158. The van der Waals surface area contributed by atoms with Gasteiger partial charge in [0.2, 0.25) is 0 Å². The van der Waals surface area contributed by atoms with Crippen LogP contribution in [0.2, 0.25) is 0 Å². The Hall–Kier alpha value is -0.0800. The van der Waals surface area contributed by atoms with Crippen molar-refractivity contribution in [2.75, 3.05) is 20.3 Å². The van der Waals surface area contributed by atoms with Gasteiger partial charge in [-0.05, 0) is 80.1 Å². The molecule has 0 heterocycles. The van der Waals surface area contributed by atoms with Gasteiger partial charge in [-0.15, -0.1) is 0 Å². The van der Waals surface area contributed by atoms with Crippen molar-refractivity contribution in [3.8, 4) is 0 Å². The lowest BCUT2D eigenvalue weighted by Gasteiger charge is -2.67. The summed E-state index contributed by atoms with van der Waals surface area (Å²) in [5, 5.41) is 3.88. The van der Waals surface area contributed by atoms with E-state index in [-0.39, 0.29) is 0 Å². The average Bonchev–Trinajstić information content (AvgIpc) is 2.33. The lowest BCUT2D eigenvalue weighted by Crippen LogP contribution is -2.61. The van der Waals surface area contributed by atoms with Crippen molar-refractivity contribution >= 4 is 0 Å². The minimum Gasteiger partial charge on any atom is -0.385 e. The van der Waals surface area contributed by atoms with Crippen LogP contribution in [0, 0.1) is 22.2 Å². The van der Waals surface area contributed by atoms with Gasteiger partial charge in [0, 0.05) is 19.8 Å². The van der Waals surface area contributed by atoms with E-state index in [0.29, 0.717) is 22.3 Å². The number of methoxy groups -OCH3 is 1. The molecule has 4 saturated carbocycles. The molecule has 122 valence electrons. The van der Waals surface area contributed by atoms with Crippen LogP contribution >= 0.6 is 0 Å². The average molecular weight is 293 g/mol. The van der Waals surface area contributed by atoms with Crippen molar-refractivity contribution in [1.29, 1.82) is 0 Å². The van der Waals surface area contributed by atoms with Gasteiger partial charge >= 0.3 is 0 Å². The zero-order valence-corrected chi connectivity index (χ0v) is 14.6. The first-order chi connectivity index (χ1) is 9.93. The zero-order chi connectivity index (χ0) is 15.1. The molecule has 0 radical (unpaired) electrons. The highest BCUT2D eigenvalue weighted by Gasteiger charge is 2.61. The van der Waals surface area contributed by atoms with Gasteiger partial charge in [0.1, 0.15) is 0 Å². The highest BCUT2D eigenvalue weighted by molar-refractivity contribution is 5.13. The largest absolute Gasteiger partial charge is 0.385 e. The molecule has 4 fully saturated rings. The van der Waals surface area contributed by atoms with Crippen molar-refractivity contribution in [3.63, 3.8) is 0 Å². The van der Waals surface area contributed by atoms with Gasteiger partial charge in [0.05, 0.1) is 0 Å². The molecule has 21 heavy (non-hydrogen) atoms. The van der Waals surface area contributed by atoms with Gasteiger partial charge in [0.15, 0.2) is 0 Å². The minimum absolute atomic E-state index is 0.576. The van der Waals surface area contributed by atoms with Crippen LogP contribution in [0.15, 0.2) is 0 Å². The molecule has 4 aliphatic rings. The molecule has 0 spiro atoms. The van der Waals surface area contributed by atoms with Crippen LogP contribution in [0.3, 0.4) is 0 Å². The molecular formula is C19H35NO. The first kappa shape index (κ1) is 15.8. The maximum Gasteiger partial charge on any atom is 0.0462 e. The Labute approximate surface area is 131 Å². The van der Waals surface area contributed by atoms with Crippen LogP contribution in [0.5, 0.6) is 0 Å². The Balaban J connectivity index is 1.80. The molecule has 0 amide bonds. The molecule has 4 bridgehead atoms. The van der Waals surface area contributed by atoms with Gasteiger partial charge in [-0.3, -0.25) is 0 Å². The molecule has 2 heteroatoms. The summed E-state index contributed by atoms with van der Waals surface area (Å²) in [4.78, 5) is 0. The number of ether oxygens (including phenoxy) is 1. The van der Waals surface area contributed by atoms with Crippen LogP contribution in [-0.4, -0.2) is 26.3 Å². The van der Waals surface area contributed by atoms with Crippen LogP contribution in [0.4, 0.5) is 0 Å². The second-order valence-corrected chi connectivity index (χ2v) is 9.24. The lowest BCUT2D eigenvalue weighted by atomic mass is 9.39. The fraction of sp³-hybridized carbons (Fsp3) is 1.00. The number of hydrogen-bond acceptors (Lipinski definition) is 2. The number of hydrogen-bond donors (Lipinski definition) is 1. The van der Waals surface area contributed by atoms with E-state index in [2.05, 4.69) is 26.1 Å². The smallest absolute Gasteiger partial charge is 0.0462 e. The molecule has 0 aromatic heterocycles. The molecule has 0 aromatic carbocycles. The Morgan fingerprint density at radius 3 is 2.29 bits per heavy atom. The normalized spacial score (nSPS) is 46.0.